The number of anilines is 1. The molecular weight excluding hydrogens is 368 g/mol. The number of rotatable bonds is 7. The molecule has 2 aromatic carbocycles. The Morgan fingerprint density at radius 2 is 1.67 bits per heavy atom. The topological polar surface area (TPSA) is 75.7 Å². The number of carbonyl (C=O) groups is 3. The van der Waals surface area contributed by atoms with Crippen LogP contribution in [0.1, 0.15) is 29.3 Å². The van der Waals surface area contributed by atoms with Crippen molar-refractivity contribution >= 4 is 35.1 Å². The van der Waals surface area contributed by atoms with Crippen LogP contribution >= 0.6 is 11.6 Å². The third kappa shape index (κ3) is 6.42. The Morgan fingerprint density at radius 1 is 1.04 bits per heavy atom. The third-order valence-corrected chi connectivity index (χ3v) is 4.18. The molecule has 2 amide bonds. The number of benzene rings is 2. The van der Waals surface area contributed by atoms with Gasteiger partial charge in [0.15, 0.2) is 0 Å². The van der Waals surface area contributed by atoms with Gasteiger partial charge in [0.2, 0.25) is 11.8 Å². The van der Waals surface area contributed by atoms with Crippen LogP contribution in [-0.4, -0.2) is 36.3 Å². The van der Waals surface area contributed by atoms with Crippen molar-refractivity contribution in [3.8, 4) is 0 Å². The van der Waals surface area contributed by atoms with E-state index in [1.807, 2.05) is 12.1 Å². The zero-order chi connectivity index (χ0) is 19.8. The number of methoxy groups -OCH3 is 1. The number of amides is 2. The fourth-order valence-electron chi connectivity index (χ4n) is 2.43. The molecule has 7 heteroatoms. The van der Waals surface area contributed by atoms with Crippen LogP contribution in [0.15, 0.2) is 48.5 Å². The first-order valence-electron chi connectivity index (χ1n) is 8.37. The van der Waals surface area contributed by atoms with Crippen LogP contribution in [0.3, 0.4) is 0 Å². The van der Waals surface area contributed by atoms with E-state index in [0.29, 0.717) is 29.4 Å². The summed E-state index contributed by atoms with van der Waals surface area (Å²) in [6, 6.07) is 13.6. The molecule has 0 bridgehead atoms. The molecule has 2 aromatic rings. The fraction of sp³-hybridized carbons (Fsp3) is 0.250. The van der Waals surface area contributed by atoms with Crippen molar-refractivity contribution < 1.29 is 19.1 Å². The van der Waals surface area contributed by atoms with Gasteiger partial charge in [0, 0.05) is 37.1 Å². The van der Waals surface area contributed by atoms with Crippen molar-refractivity contribution in [1.82, 2.24) is 4.90 Å². The maximum Gasteiger partial charge on any atom is 0.337 e. The molecule has 0 aliphatic rings. The molecule has 0 saturated carbocycles. The minimum atomic E-state index is -0.438. The number of carbonyl (C=O) groups excluding carboxylic acids is 3. The highest BCUT2D eigenvalue weighted by molar-refractivity contribution is 6.30. The van der Waals surface area contributed by atoms with E-state index >= 15 is 0 Å². The monoisotopic (exact) mass is 388 g/mol. The highest BCUT2D eigenvalue weighted by atomic mass is 35.5. The maximum absolute atomic E-state index is 12.2. The Bertz CT molecular complexity index is 804. The predicted octanol–water partition coefficient (Wildman–Crippen LogP) is 3.50. The summed E-state index contributed by atoms with van der Waals surface area (Å²) in [5.41, 5.74) is 1.91. The summed E-state index contributed by atoms with van der Waals surface area (Å²) >= 11 is 5.87. The van der Waals surface area contributed by atoms with Gasteiger partial charge in [0.25, 0.3) is 0 Å². The predicted molar refractivity (Wildman–Crippen MR) is 104 cm³/mol. The van der Waals surface area contributed by atoms with Crippen molar-refractivity contribution in [3.63, 3.8) is 0 Å². The number of hydrogen-bond donors (Lipinski definition) is 1. The average Bonchev–Trinajstić information content (AvgIpc) is 2.66. The number of hydrogen-bond acceptors (Lipinski definition) is 4. The molecule has 0 aromatic heterocycles. The van der Waals surface area contributed by atoms with Crippen molar-refractivity contribution in [1.29, 1.82) is 0 Å². The van der Waals surface area contributed by atoms with E-state index in [-0.39, 0.29) is 18.2 Å². The molecule has 0 heterocycles. The SMILES string of the molecule is COC(=O)c1ccc(NC(=O)CCN(Cc2ccc(Cl)cc2)C(C)=O)cc1. The summed E-state index contributed by atoms with van der Waals surface area (Å²) in [5, 5.41) is 3.38. The zero-order valence-electron chi connectivity index (χ0n) is 15.2. The molecule has 0 fully saturated rings. The highest BCUT2D eigenvalue weighted by Crippen LogP contribution is 2.13. The summed E-state index contributed by atoms with van der Waals surface area (Å²) in [7, 11) is 1.31. The Kier molecular flexibility index (Phi) is 7.37. The minimum absolute atomic E-state index is 0.111. The molecule has 0 aliphatic carbocycles. The van der Waals surface area contributed by atoms with Gasteiger partial charge >= 0.3 is 5.97 Å². The van der Waals surface area contributed by atoms with Gasteiger partial charge in [-0.2, -0.15) is 0 Å². The number of nitrogens with one attached hydrogen (secondary N) is 1. The van der Waals surface area contributed by atoms with Crippen LogP contribution in [0.2, 0.25) is 5.02 Å². The summed E-state index contributed by atoms with van der Waals surface area (Å²) in [6.07, 6.45) is 0.159. The molecular formula is C20H21ClN2O4. The first-order chi connectivity index (χ1) is 12.9. The van der Waals surface area contributed by atoms with Crippen LogP contribution in [0.5, 0.6) is 0 Å². The van der Waals surface area contributed by atoms with Crippen molar-refractivity contribution in [2.75, 3.05) is 19.0 Å². The second-order valence-corrected chi connectivity index (χ2v) is 6.37. The maximum atomic E-state index is 12.2. The van der Waals surface area contributed by atoms with Gasteiger partial charge in [0.1, 0.15) is 0 Å². The molecule has 6 nitrogen and oxygen atoms in total. The standard InChI is InChI=1S/C20H21ClN2O4/c1-14(24)23(13-15-3-7-17(21)8-4-15)12-11-19(25)22-18-9-5-16(6-10-18)20(26)27-2/h3-10H,11-13H2,1-2H3,(H,22,25). The zero-order valence-corrected chi connectivity index (χ0v) is 16.0. The molecule has 0 unspecified atom stereocenters. The van der Waals surface area contributed by atoms with E-state index in [0.717, 1.165) is 5.56 Å². The van der Waals surface area contributed by atoms with E-state index in [1.165, 1.54) is 14.0 Å². The van der Waals surface area contributed by atoms with Gasteiger partial charge in [-0.3, -0.25) is 9.59 Å². The lowest BCUT2D eigenvalue weighted by atomic mass is 10.2. The molecule has 2 rings (SSSR count). The second-order valence-electron chi connectivity index (χ2n) is 5.93. The van der Waals surface area contributed by atoms with E-state index in [9.17, 15) is 14.4 Å². The van der Waals surface area contributed by atoms with Crippen molar-refractivity contribution in [2.45, 2.75) is 19.9 Å². The normalized spacial score (nSPS) is 10.2. The van der Waals surface area contributed by atoms with Gasteiger partial charge in [-0.05, 0) is 42.0 Å². The molecule has 0 atom stereocenters. The smallest absolute Gasteiger partial charge is 0.337 e. The molecule has 0 saturated heterocycles. The van der Waals surface area contributed by atoms with Gasteiger partial charge < -0.3 is 15.0 Å². The Balaban J connectivity index is 1.89. The summed E-state index contributed by atoms with van der Waals surface area (Å²) in [6.45, 7) is 2.18. The number of halogens is 1. The van der Waals surface area contributed by atoms with E-state index in [2.05, 4.69) is 10.1 Å². The quantitative estimate of drug-likeness (QED) is 0.736. The number of ether oxygens (including phenoxy) is 1. The molecule has 142 valence electrons. The largest absolute Gasteiger partial charge is 0.465 e. The van der Waals surface area contributed by atoms with Gasteiger partial charge in [-0.25, -0.2) is 4.79 Å². The van der Waals surface area contributed by atoms with Gasteiger partial charge in [0.05, 0.1) is 12.7 Å². The van der Waals surface area contributed by atoms with Crippen LogP contribution in [0.25, 0.3) is 0 Å². The van der Waals surface area contributed by atoms with E-state index in [1.54, 1.807) is 41.3 Å². The van der Waals surface area contributed by atoms with Gasteiger partial charge in [-0.1, -0.05) is 23.7 Å². The molecule has 27 heavy (non-hydrogen) atoms. The lowest BCUT2D eigenvalue weighted by Crippen LogP contribution is -2.31. The minimum Gasteiger partial charge on any atom is -0.465 e. The lowest BCUT2D eigenvalue weighted by Gasteiger charge is -2.21. The fourth-order valence-corrected chi connectivity index (χ4v) is 2.55. The van der Waals surface area contributed by atoms with Crippen LogP contribution < -0.4 is 5.32 Å². The van der Waals surface area contributed by atoms with Crippen molar-refractivity contribution in [2.24, 2.45) is 0 Å². The summed E-state index contributed by atoms with van der Waals surface area (Å²) in [5.74, 6) is -0.768. The molecule has 0 aliphatic heterocycles. The molecule has 0 radical (unpaired) electrons. The Hall–Kier alpha value is -2.86. The number of esters is 1. The van der Waals surface area contributed by atoms with Crippen LogP contribution in [-0.2, 0) is 20.9 Å². The highest BCUT2D eigenvalue weighted by Gasteiger charge is 2.12. The number of nitrogens with zero attached hydrogens (tertiary/aromatic N) is 1. The van der Waals surface area contributed by atoms with Crippen LogP contribution in [0.4, 0.5) is 5.69 Å². The van der Waals surface area contributed by atoms with Crippen LogP contribution in [0, 0.1) is 0 Å². The molecule has 0 spiro atoms. The molecule has 1 N–H and O–H groups in total. The Labute approximate surface area is 163 Å². The van der Waals surface area contributed by atoms with Gasteiger partial charge in [-0.15, -0.1) is 0 Å². The second kappa shape index (κ2) is 9.73. The summed E-state index contributed by atoms with van der Waals surface area (Å²) < 4.78 is 4.63. The van der Waals surface area contributed by atoms with E-state index in [4.69, 9.17) is 11.6 Å². The first-order valence-corrected chi connectivity index (χ1v) is 8.75. The Morgan fingerprint density at radius 3 is 2.22 bits per heavy atom. The first kappa shape index (κ1) is 20.5. The average molecular weight is 389 g/mol. The van der Waals surface area contributed by atoms with E-state index < -0.39 is 5.97 Å². The third-order valence-electron chi connectivity index (χ3n) is 3.93. The van der Waals surface area contributed by atoms with Crippen molar-refractivity contribution in [3.05, 3.63) is 64.7 Å². The lowest BCUT2D eigenvalue weighted by molar-refractivity contribution is -0.129. The summed E-state index contributed by atoms with van der Waals surface area (Å²) in [4.78, 5) is 37.0.